The first-order valence-electron chi connectivity index (χ1n) is 7.97. The molecule has 0 aliphatic heterocycles. The van der Waals surface area contributed by atoms with Crippen LogP contribution < -0.4 is 5.32 Å². The molecule has 1 fully saturated rings. The SMILES string of the molecule is OC[C@H]1C[C@H](n2cnc3c(NC4CC4)ncnc32)c2ccsc21. The molecule has 2 aliphatic rings. The summed E-state index contributed by atoms with van der Waals surface area (Å²) in [6, 6.07) is 2.89. The predicted octanol–water partition coefficient (Wildman–Crippen LogP) is 2.53. The minimum Gasteiger partial charge on any atom is -0.396 e. The maximum Gasteiger partial charge on any atom is 0.166 e. The molecule has 0 amide bonds. The van der Waals surface area contributed by atoms with Crippen LogP contribution in [0.2, 0.25) is 0 Å². The molecule has 2 aliphatic carbocycles. The van der Waals surface area contributed by atoms with Crippen LogP contribution >= 0.6 is 11.3 Å². The van der Waals surface area contributed by atoms with Crippen LogP contribution in [0, 0.1) is 0 Å². The Morgan fingerprint density at radius 1 is 1.30 bits per heavy atom. The molecule has 2 atom stereocenters. The standard InChI is InChI=1S/C16H17N5OS/c22-6-9-5-12(11-3-4-23-14(9)11)21-8-19-13-15(20-10-1-2-10)17-7-18-16(13)21/h3-4,7-10,12,22H,1-2,5-6H2,(H,17,18,20)/t9-,12+/m1/s1. The average Bonchev–Trinajstić information content (AvgIpc) is 3.00. The van der Waals surface area contributed by atoms with Crippen LogP contribution in [0.15, 0.2) is 24.1 Å². The zero-order chi connectivity index (χ0) is 15.4. The predicted molar refractivity (Wildman–Crippen MR) is 88.9 cm³/mol. The lowest BCUT2D eigenvalue weighted by atomic mass is 10.1. The van der Waals surface area contributed by atoms with Gasteiger partial charge in [-0.1, -0.05) is 0 Å². The van der Waals surface area contributed by atoms with Crippen molar-refractivity contribution in [1.29, 1.82) is 0 Å². The summed E-state index contributed by atoms with van der Waals surface area (Å²) in [5, 5.41) is 15.2. The van der Waals surface area contributed by atoms with Gasteiger partial charge in [-0.3, -0.25) is 0 Å². The Kier molecular flexibility index (Phi) is 2.93. The zero-order valence-corrected chi connectivity index (χ0v) is 13.3. The van der Waals surface area contributed by atoms with Gasteiger partial charge in [0.25, 0.3) is 0 Å². The third-order valence-corrected chi connectivity index (χ3v) is 5.89. The number of aliphatic hydroxyl groups excluding tert-OH is 1. The van der Waals surface area contributed by atoms with E-state index in [4.69, 9.17) is 0 Å². The zero-order valence-electron chi connectivity index (χ0n) is 12.5. The molecule has 5 rings (SSSR count). The Balaban J connectivity index is 1.59. The van der Waals surface area contributed by atoms with Crippen molar-refractivity contribution in [2.24, 2.45) is 0 Å². The first-order chi connectivity index (χ1) is 11.3. The highest BCUT2D eigenvalue weighted by atomic mass is 32.1. The molecule has 3 aromatic rings. The number of fused-ring (bicyclic) bond motifs is 2. The van der Waals surface area contributed by atoms with Crippen LogP contribution in [0.3, 0.4) is 0 Å². The fourth-order valence-electron chi connectivity index (χ4n) is 3.47. The molecule has 7 heteroatoms. The van der Waals surface area contributed by atoms with Crippen molar-refractivity contribution < 1.29 is 5.11 Å². The molecule has 3 heterocycles. The summed E-state index contributed by atoms with van der Waals surface area (Å²) in [6.45, 7) is 0.195. The van der Waals surface area contributed by atoms with Crippen molar-refractivity contribution in [3.8, 4) is 0 Å². The third kappa shape index (κ3) is 2.07. The molecular formula is C16H17N5OS. The van der Waals surface area contributed by atoms with E-state index in [1.807, 2.05) is 6.33 Å². The lowest BCUT2D eigenvalue weighted by molar-refractivity contribution is 0.260. The molecule has 2 N–H and O–H groups in total. The molecule has 23 heavy (non-hydrogen) atoms. The lowest BCUT2D eigenvalue weighted by Gasteiger charge is -2.14. The van der Waals surface area contributed by atoms with E-state index in [2.05, 4.69) is 36.3 Å². The van der Waals surface area contributed by atoms with Gasteiger partial charge in [-0.25, -0.2) is 15.0 Å². The second-order valence-corrected chi connectivity index (χ2v) is 7.28. The van der Waals surface area contributed by atoms with Crippen LogP contribution in [-0.2, 0) is 0 Å². The van der Waals surface area contributed by atoms with Crippen molar-refractivity contribution in [1.82, 2.24) is 19.5 Å². The van der Waals surface area contributed by atoms with Gasteiger partial charge in [-0.15, -0.1) is 11.3 Å². The van der Waals surface area contributed by atoms with E-state index in [1.54, 1.807) is 17.7 Å². The summed E-state index contributed by atoms with van der Waals surface area (Å²) in [7, 11) is 0. The minimum absolute atomic E-state index is 0.195. The molecule has 1 saturated carbocycles. The molecule has 0 aromatic carbocycles. The van der Waals surface area contributed by atoms with E-state index in [0.29, 0.717) is 6.04 Å². The number of nitrogens with zero attached hydrogens (tertiary/aromatic N) is 4. The molecule has 0 bridgehead atoms. The first kappa shape index (κ1) is 13.4. The second-order valence-electron chi connectivity index (χ2n) is 6.34. The van der Waals surface area contributed by atoms with Crippen molar-refractivity contribution in [3.05, 3.63) is 34.5 Å². The molecule has 0 saturated heterocycles. The summed E-state index contributed by atoms with van der Waals surface area (Å²) in [6.07, 6.45) is 6.78. The number of aromatic nitrogens is 4. The van der Waals surface area contributed by atoms with Crippen LogP contribution in [0.1, 0.15) is 41.7 Å². The number of imidazole rings is 1. The van der Waals surface area contributed by atoms with Gasteiger partial charge in [0.1, 0.15) is 11.8 Å². The Morgan fingerprint density at radius 2 is 2.22 bits per heavy atom. The minimum atomic E-state index is 0.195. The quantitative estimate of drug-likeness (QED) is 0.770. The largest absolute Gasteiger partial charge is 0.396 e. The molecule has 0 radical (unpaired) electrons. The molecule has 0 spiro atoms. The molecule has 0 unspecified atom stereocenters. The highest BCUT2D eigenvalue weighted by Gasteiger charge is 2.34. The lowest BCUT2D eigenvalue weighted by Crippen LogP contribution is -2.09. The van der Waals surface area contributed by atoms with Gasteiger partial charge < -0.3 is 15.0 Å². The highest BCUT2D eigenvalue weighted by molar-refractivity contribution is 7.10. The van der Waals surface area contributed by atoms with Gasteiger partial charge in [-0.2, -0.15) is 0 Å². The van der Waals surface area contributed by atoms with E-state index >= 15 is 0 Å². The number of anilines is 1. The Labute approximate surface area is 137 Å². The average molecular weight is 327 g/mol. The second kappa shape index (κ2) is 5.01. The van der Waals surface area contributed by atoms with Crippen molar-refractivity contribution in [3.63, 3.8) is 0 Å². The van der Waals surface area contributed by atoms with Crippen LogP contribution in [-0.4, -0.2) is 37.3 Å². The molecule has 6 nitrogen and oxygen atoms in total. The molecular weight excluding hydrogens is 310 g/mol. The van der Waals surface area contributed by atoms with Crippen molar-refractivity contribution in [2.45, 2.75) is 37.3 Å². The summed E-state index contributed by atoms with van der Waals surface area (Å²) < 4.78 is 2.14. The Hall–Kier alpha value is -1.99. The van der Waals surface area contributed by atoms with Crippen molar-refractivity contribution in [2.75, 3.05) is 11.9 Å². The van der Waals surface area contributed by atoms with Crippen LogP contribution in [0.5, 0.6) is 0 Å². The van der Waals surface area contributed by atoms with Crippen molar-refractivity contribution >= 4 is 28.3 Å². The van der Waals surface area contributed by atoms with Gasteiger partial charge in [0.15, 0.2) is 11.5 Å². The number of rotatable bonds is 4. The Morgan fingerprint density at radius 3 is 3.04 bits per heavy atom. The molecule has 118 valence electrons. The number of hydrogen-bond acceptors (Lipinski definition) is 6. The number of hydrogen-bond donors (Lipinski definition) is 2. The number of nitrogens with one attached hydrogen (secondary N) is 1. The highest BCUT2D eigenvalue weighted by Crippen LogP contribution is 2.46. The molecule has 3 aromatic heterocycles. The third-order valence-electron chi connectivity index (χ3n) is 4.80. The van der Waals surface area contributed by atoms with E-state index in [9.17, 15) is 5.11 Å². The summed E-state index contributed by atoms with van der Waals surface area (Å²) in [5.41, 5.74) is 3.00. The normalized spacial score (nSPS) is 23.3. The Bertz CT molecular complexity index is 868. The number of thiophene rings is 1. The summed E-state index contributed by atoms with van der Waals surface area (Å²) in [4.78, 5) is 14.7. The van der Waals surface area contributed by atoms with Gasteiger partial charge in [0, 0.05) is 16.8 Å². The van der Waals surface area contributed by atoms with Gasteiger partial charge in [-0.05, 0) is 36.3 Å². The van der Waals surface area contributed by atoms with Crippen LogP contribution in [0.25, 0.3) is 11.2 Å². The maximum absolute atomic E-state index is 9.66. The fraction of sp³-hybridized carbons (Fsp3) is 0.438. The first-order valence-corrected chi connectivity index (χ1v) is 8.85. The van der Waals surface area contributed by atoms with Gasteiger partial charge in [0.2, 0.25) is 0 Å². The van der Waals surface area contributed by atoms with E-state index in [-0.39, 0.29) is 18.6 Å². The summed E-state index contributed by atoms with van der Waals surface area (Å²) in [5.74, 6) is 1.05. The summed E-state index contributed by atoms with van der Waals surface area (Å²) >= 11 is 1.73. The maximum atomic E-state index is 9.66. The topological polar surface area (TPSA) is 75.9 Å². The fourth-order valence-corrected chi connectivity index (χ4v) is 4.53. The van der Waals surface area contributed by atoms with E-state index in [0.717, 1.165) is 23.4 Å². The van der Waals surface area contributed by atoms with Crippen LogP contribution in [0.4, 0.5) is 5.82 Å². The van der Waals surface area contributed by atoms with E-state index in [1.165, 1.54) is 23.3 Å². The monoisotopic (exact) mass is 327 g/mol. The van der Waals surface area contributed by atoms with E-state index < -0.39 is 0 Å². The van der Waals surface area contributed by atoms with Gasteiger partial charge >= 0.3 is 0 Å². The number of aliphatic hydroxyl groups is 1. The smallest absolute Gasteiger partial charge is 0.166 e. The van der Waals surface area contributed by atoms with Gasteiger partial charge in [0.05, 0.1) is 19.0 Å².